The third kappa shape index (κ3) is 4.37. The molecule has 0 spiro atoms. The molecule has 1 aromatic carbocycles. The van der Waals surface area contributed by atoms with Gasteiger partial charge in [0.1, 0.15) is 0 Å². The molecule has 146 valence electrons. The van der Waals surface area contributed by atoms with Crippen LogP contribution in [0.2, 0.25) is 5.02 Å². The van der Waals surface area contributed by atoms with Crippen LogP contribution in [0.1, 0.15) is 30.6 Å². The number of amides is 1. The van der Waals surface area contributed by atoms with Crippen LogP contribution in [0, 0.1) is 17.0 Å². The molecule has 0 saturated heterocycles. The van der Waals surface area contributed by atoms with Crippen LogP contribution in [0.25, 0.3) is 0 Å². The number of nitrogens with zero attached hydrogens (tertiary/aromatic N) is 5. The van der Waals surface area contributed by atoms with Crippen molar-refractivity contribution in [3.63, 3.8) is 0 Å². The fourth-order valence-electron chi connectivity index (χ4n) is 2.86. The summed E-state index contributed by atoms with van der Waals surface area (Å²) in [4.78, 5) is 23.0. The van der Waals surface area contributed by atoms with Crippen molar-refractivity contribution in [1.82, 2.24) is 19.6 Å². The second-order valence-electron chi connectivity index (χ2n) is 6.31. The van der Waals surface area contributed by atoms with Gasteiger partial charge in [0.25, 0.3) is 5.91 Å². The van der Waals surface area contributed by atoms with Gasteiger partial charge in [0.05, 0.1) is 35.3 Å². The molecular formula is C18H19ClN6O3. The van der Waals surface area contributed by atoms with E-state index in [0.29, 0.717) is 29.4 Å². The Hall–Kier alpha value is -3.20. The monoisotopic (exact) mass is 402 g/mol. The summed E-state index contributed by atoms with van der Waals surface area (Å²) >= 11 is 5.89. The molecule has 1 amide bonds. The van der Waals surface area contributed by atoms with Crippen LogP contribution in [0.5, 0.6) is 0 Å². The van der Waals surface area contributed by atoms with Crippen molar-refractivity contribution in [2.45, 2.75) is 32.9 Å². The maximum Gasteiger partial charge on any atom is 0.390 e. The number of carbonyl (C=O) groups is 1. The lowest BCUT2D eigenvalue weighted by Gasteiger charge is -2.13. The van der Waals surface area contributed by atoms with Gasteiger partial charge in [-0.3, -0.25) is 9.48 Å². The number of benzene rings is 1. The quantitative estimate of drug-likeness (QED) is 0.480. The number of aromatic nitrogens is 4. The third-order valence-corrected chi connectivity index (χ3v) is 4.49. The lowest BCUT2D eigenvalue weighted by Crippen LogP contribution is -2.27. The average Bonchev–Trinajstić information content (AvgIpc) is 3.25. The summed E-state index contributed by atoms with van der Waals surface area (Å²) in [5, 5.41) is 22.6. The van der Waals surface area contributed by atoms with Gasteiger partial charge in [-0.15, -0.1) is 0 Å². The molecular weight excluding hydrogens is 384 g/mol. The number of halogens is 1. The first-order valence-electron chi connectivity index (χ1n) is 8.65. The van der Waals surface area contributed by atoms with Crippen molar-refractivity contribution in [2.75, 3.05) is 5.32 Å². The van der Waals surface area contributed by atoms with E-state index in [1.807, 2.05) is 19.1 Å². The summed E-state index contributed by atoms with van der Waals surface area (Å²) in [5.41, 5.74) is 2.11. The standard InChI is InChI=1S/C18H19ClN6O3/c1-3-16(24-12(2)8-17(22-24)25(27)28)18(26)21-15-9-20-23(11-15)10-13-4-6-14(19)7-5-13/h4-9,11,16H,3,10H2,1-2H3,(H,21,26). The molecule has 10 heteroatoms. The van der Waals surface area contributed by atoms with Crippen molar-refractivity contribution in [3.8, 4) is 0 Å². The topological polar surface area (TPSA) is 108 Å². The first-order chi connectivity index (χ1) is 13.4. The molecule has 0 aliphatic rings. The predicted octanol–water partition coefficient (Wildman–Crippen LogP) is 3.59. The van der Waals surface area contributed by atoms with E-state index in [-0.39, 0.29) is 11.7 Å². The largest absolute Gasteiger partial charge is 0.390 e. The van der Waals surface area contributed by atoms with Gasteiger partial charge >= 0.3 is 5.82 Å². The molecule has 0 aliphatic carbocycles. The Morgan fingerprint density at radius 2 is 2.07 bits per heavy atom. The van der Waals surface area contributed by atoms with Crippen LogP contribution in [0.3, 0.4) is 0 Å². The number of nitrogens with one attached hydrogen (secondary N) is 1. The molecule has 2 heterocycles. The number of rotatable bonds is 7. The second kappa shape index (κ2) is 8.22. The SMILES string of the molecule is CCC(C(=O)Nc1cnn(Cc2ccc(Cl)cc2)c1)n1nc([N+](=O)[O-])cc1C. The molecule has 0 saturated carbocycles. The van der Waals surface area contributed by atoms with Crippen molar-refractivity contribution in [1.29, 1.82) is 0 Å². The van der Waals surface area contributed by atoms with Gasteiger partial charge in [-0.05, 0) is 36.0 Å². The highest BCUT2D eigenvalue weighted by Gasteiger charge is 2.27. The van der Waals surface area contributed by atoms with E-state index in [1.54, 1.807) is 36.1 Å². The molecule has 1 unspecified atom stereocenters. The van der Waals surface area contributed by atoms with Crippen LogP contribution in [0.15, 0.2) is 42.7 Å². The van der Waals surface area contributed by atoms with Gasteiger partial charge in [-0.1, -0.05) is 30.7 Å². The molecule has 1 N–H and O–H groups in total. The third-order valence-electron chi connectivity index (χ3n) is 4.24. The zero-order valence-electron chi connectivity index (χ0n) is 15.4. The van der Waals surface area contributed by atoms with Crippen LogP contribution in [-0.4, -0.2) is 30.4 Å². The molecule has 0 radical (unpaired) electrons. The van der Waals surface area contributed by atoms with E-state index in [0.717, 1.165) is 5.56 Å². The number of carbonyl (C=O) groups excluding carboxylic acids is 1. The van der Waals surface area contributed by atoms with Gasteiger partial charge in [-0.25, -0.2) is 0 Å². The Morgan fingerprint density at radius 3 is 2.68 bits per heavy atom. The smallest absolute Gasteiger partial charge is 0.358 e. The first-order valence-corrected chi connectivity index (χ1v) is 9.03. The number of nitro groups is 1. The van der Waals surface area contributed by atoms with Crippen molar-refractivity contribution in [3.05, 3.63) is 69.1 Å². The van der Waals surface area contributed by atoms with Crippen LogP contribution in [-0.2, 0) is 11.3 Å². The summed E-state index contributed by atoms with van der Waals surface area (Å²) in [5.74, 6) is -0.589. The zero-order chi connectivity index (χ0) is 20.3. The maximum atomic E-state index is 12.7. The first kappa shape index (κ1) is 19.6. The molecule has 2 aromatic heterocycles. The molecule has 3 aromatic rings. The average molecular weight is 403 g/mol. The minimum absolute atomic E-state index is 0.278. The summed E-state index contributed by atoms with van der Waals surface area (Å²) in [6.07, 6.45) is 3.71. The number of hydrogen-bond donors (Lipinski definition) is 1. The maximum absolute atomic E-state index is 12.7. The summed E-state index contributed by atoms with van der Waals surface area (Å²) < 4.78 is 3.08. The lowest BCUT2D eigenvalue weighted by molar-refractivity contribution is -0.389. The summed E-state index contributed by atoms with van der Waals surface area (Å²) in [6.45, 7) is 4.04. The van der Waals surface area contributed by atoms with E-state index in [1.165, 1.54) is 10.7 Å². The predicted molar refractivity (Wildman–Crippen MR) is 104 cm³/mol. The van der Waals surface area contributed by atoms with Gasteiger partial charge in [-0.2, -0.15) is 9.78 Å². The fraction of sp³-hybridized carbons (Fsp3) is 0.278. The van der Waals surface area contributed by atoms with Gasteiger partial charge in [0.15, 0.2) is 6.04 Å². The van der Waals surface area contributed by atoms with E-state index in [2.05, 4.69) is 15.5 Å². The Bertz CT molecular complexity index is 995. The van der Waals surface area contributed by atoms with Gasteiger partial charge < -0.3 is 15.4 Å². The Balaban J connectivity index is 1.70. The molecule has 1 atom stereocenters. The highest BCUT2D eigenvalue weighted by molar-refractivity contribution is 6.30. The second-order valence-corrected chi connectivity index (χ2v) is 6.75. The van der Waals surface area contributed by atoms with Gasteiger partial charge in [0, 0.05) is 11.2 Å². The molecule has 9 nitrogen and oxygen atoms in total. The van der Waals surface area contributed by atoms with Crippen molar-refractivity contribution >= 4 is 29.0 Å². The van der Waals surface area contributed by atoms with E-state index >= 15 is 0 Å². The lowest BCUT2D eigenvalue weighted by atomic mass is 10.2. The van der Waals surface area contributed by atoms with Crippen LogP contribution in [0.4, 0.5) is 11.5 Å². The van der Waals surface area contributed by atoms with Crippen LogP contribution >= 0.6 is 11.6 Å². The van der Waals surface area contributed by atoms with E-state index in [4.69, 9.17) is 11.6 Å². The highest BCUT2D eigenvalue weighted by atomic mass is 35.5. The molecule has 0 bridgehead atoms. The van der Waals surface area contributed by atoms with Crippen molar-refractivity contribution in [2.24, 2.45) is 0 Å². The normalized spacial score (nSPS) is 12.0. The molecule has 28 heavy (non-hydrogen) atoms. The van der Waals surface area contributed by atoms with Crippen LogP contribution < -0.4 is 5.32 Å². The molecule has 0 fully saturated rings. The Morgan fingerprint density at radius 1 is 1.36 bits per heavy atom. The Labute approximate surface area is 166 Å². The molecule has 0 aliphatic heterocycles. The number of hydrogen-bond acceptors (Lipinski definition) is 5. The highest BCUT2D eigenvalue weighted by Crippen LogP contribution is 2.20. The van der Waals surface area contributed by atoms with Gasteiger partial charge in [0.2, 0.25) is 0 Å². The zero-order valence-corrected chi connectivity index (χ0v) is 16.1. The Kier molecular flexibility index (Phi) is 5.74. The van der Waals surface area contributed by atoms with E-state index in [9.17, 15) is 14.9 Å². The minimum Gasteiger partial charge on any atom is -0.358 e. The molecule has 3 rings (SSSR count). The fourth-order valence-corrected chi connectivity index (χ4v) is 2.99. The number of aryl methyl sites for hydroxylation is 1. The minimum atomic E-state index is -0.659. The summed E-state index contributed by atoms with van der Waals surface area (Å²) in [6, 6.07) is 8.11. The van der Waals surface area contributed by atoms with Crippen molar-refractivity contribution < 1.29 is 9.72 Å². The van der Waals surface area contributed by atoms with E-state index < -0.39 is 11.0 Å². The number of anilines is 1. The summed E-state index contributed by atoms with van der Waals surface area (Å²) in [7, 11) is 0.